The summed E-state index contributed by atoms with van der Waals surface area (Å²) < 4.78 is 11.1. The lowest BCUT2D eigenvalue weighted by Crippen LogP contribution is -2.04. The van der Waals surface area contributed by atoms with Crippen LogP contribution in [0.1, 0.15) is 22.3 Å². The Hall–Kier alpha value is -2.20. The lowest BCUT2D eigenvalue weighted by molar-refractivity contribution is 0.103. The number of fused-ring (bicyclic) bond motifs is 1. The number of benzene rings is 2. The van der Waals surface area contributed by atoms with E-state index in [0.29, 0.717) is 46.5 Å². The van der Waals surface area contributed by atoms with Gasteiger partial charge in [-0.3, -0.25) is 4.79 Å². The Kier molecular flexibility index (Phi) is 3.71. The molecule has 21 heavy (non-hydrogen) atoms. The van der Waals surface area contributed by atoms with Crippen molar-refractivity contribution in [3.8, 4) is 11.5 Å². The summed E-state index contributed by atoms with van der Waals surface area (Å²) in [6.07, 6.45) is 0.818. The highest BCUT2D eigenvalue weighted by Crippen LogP contribution is 2.32. The number of nitrogen functional groups attached to an aromatic ring is 1. The van der Waals surface area contributed by atoms with E-state index in [9.17, 15) is 4.79 Å². The number of ketones is 1. The van der Waals surface area contributed by atoms with Gasteiger partial charge in [0.1, 0.15) is 0 Å². The maximum Gasteiger partial charge on any atom is 0.194 e. The molecule has 0 saturated carbocycles. The van der Waals surface area contributed by atoms with E-state index in [-0.39, 0.29) is 5.78 Å². The van der Waals surface area contributed by atoms with Gasteiger partial charge in [-0.2, -0.15) is 0 Å². The van der Waals surface area contributed by atoms with Gasteiger partial charge in [-0.15, -0.1) is 0 Å². The number of hydrogen-bond acceptors (Lipinski definition) is 4. The smallest absolute Gasteiger partial charge is 0.194 e. The number of rotatable bonds is 2. The van der Waals surface area contributed by atoms with E-state index < -0.39 is 0 Å². The summed E-state index contributed by atoms with van der Waals surface area (Å²) in [6.45, 7) is 1.19. The van der Waals surface area contributed by atoms with Gasteiger partial charge in [-0.1, -0.05) is 11.6 Å². The Morgan fingerprint density at radius 2 is 1.81 bits per heavy atom. The molecule has 0 saturated heterocycles. The van der Waals surface area contributed by atoms with Gasteiger partial charge in [0.05, 0.1) is 18.2 Å². The fourth-order valence-corrected chi connectivity index (χ4v) is 2.38. The molecule has 2 N–H and O–H groups in total. The fourth-order valence-electron chi connectivity index (χ4n) is 2.18. The SMILES string of the molecule is Nc1ccc(Cl)c(C(=O)c2ccc3c(c2)OCCCO3)c1. The Morgan fingerprint density at radius 3 is 2.62 bits per heavy atom. The van der Waals surface area contributed by atoms with Crippen molar-refractivity contribution in [3.63, 3.8) is 0 Å². The predicted molar refractivity (Wildman–Crippen MR) is 81.3 cm³/mol. The van der Waals surface area contributed by atoms with Crippen molar-refractivity contribution >= 4 is 23.1 Å². The number of carbonyl (C=O) groups is 1. The monoisotopic (exact) mass is 303 g/mol. The van der Waals surface area contributed by atoms with Gasteiger partial charge in [-0.05, 0) is 36.4 Å². The molecule has 1 aliphatic rings. The molecule has 3 rings (SSSR count). The third-order valence-corrected chi connectivity index (χ3v) is 3.57. The van der Waals surface area contributed by atoms with Crippen LogP contribution in [0.15, 0.2) is 36.4 Å². The predicted octanol–water partition coefficient (Wildman–Crippen LogP) is 3.31. The number of nitrogens with two attached hydrogens (primary N) is 1. The summed E-state index contributed by atoms with van der Waals surface area (Å²) >= 11 is 6.08. The minimum atomic E-state index is -0.192. The molecule has 0 unspecified atom stereocenters. The highest BCUT2D eigenvalue weighted by molar-refractivity contribution is 6.35. The van der Waals surface area contributed by atoms with Crippen LogP contribution in [0.3, 0.4) is 0 Å². The maximum absolute atomic E-state index is 12.6. The zero-order valence-electron chi connectivity index (χ0n) is 11.3. The quantitative estimate of drug-likeness (QED) is 0.683. The zero-order valence-corrected chi connectivity index (χ0v) is 12.0. The molecule has 108 valence electrons. The van der Waals surface area contributed by atoms with Crippen molar-refractivity contribution in [2.45, 2.75) is 6.42 Å². The van der Waals surface area contributed by atoms with E-state index in [1.54, 1.807) is 36.4 Å². The van der Waals surface area contributed by atoms with E-state index in [1.165, 1.54) is 0 Å². The molecule has 0 atom stereocenters. The van der Waals surface area contributed by atoms with Crippen molar-refractivity contribution < 1.29 is 14.3 Å². The van der Waals surface area contributed by atoms with Gasteiger partial charge in [0.25, 0.3) is 0 Å². The molecule has 0 amide bonds. The molecule has 2 aromatic carbocycles. The largest absolute Gasteiger partial charge is 0.490 e. The van der Waals surface area contributed by atoms with E-state index >= 15 is 0 Å². The molecule has 1 aliphatic heterocycles. The summed E-state index contributed by atoms with van der Waals surface area (Å²) in [5, 5.41) is 0.376. The molecule has 0 aromatic heterocycles. The maximum atomic E-state index is 12.6. The average molecular weight is 304 g/mol. The molecule has 2 aromatic rings. The molecule has 5 heteroatoms. The first-order chi connectivity index (χ1) is 10.1. The summed E-state index contributed by atoms with van der Waals surface area (Å²) in [7, 11) is 0. The lowest BCUT2D eigenvalue weighted by atomic mass is 10.0. The van der Waals surface area contributed by atoms with E-state index in [1.807, 2.05) is 0 Å². The van der Waals surface area contributed by atoms with Gasteiger partial charge in [0.2, 0.25) is 0 Å². The van der Waals surface area contributed by atoms with Crippen LogP contribution in [0.2, 0.25) is 5.02 Å². The molecule has 0 bridgehead atoms. The Bertz CT molecular complexity index is 700. The molecule has 4 nitrogen and oxygen atoms in total. The summed E-state index contributed by atoms with van der Waals surface area (Å²) in [6, 6.07) is 9.99. The topological polar surface area (TPSA) is 61.6 Å². The molecular formula is C16H14ClNO3. The summed E-state index contributed by atoms with van der Waals surface area (Å²) in [4.78, 5) is 12.6. The molecule has 0 fully saturated rings. The third kappa shape index (κ3) is 2.81. The number of carbonyl (C=O) groups excluding carboxylic acids is 1. The van der Waals surface area contributed by atoms with E-state index in [0.717, 1.165) is 6.42 Å². The molecule has 1 heterocycles. The third-order valence-electron chi connectivity index (χ3n) is 3.24. The summed E-state index contributed by atoms with van der Waals surface area (Å²) in [5.74, 6) is 1.05. The van der Waals surface area contributed by atoms with Crippen LogP contribution in [0.4, 0.5) is 5.69 Å². The van der Waals surface area contributed by atoms with Crippen molar-refractivity contribution in [2.75, 3.05) is 18.9 Å². The number of anilines is 1. The average Bonchev–Trinajstić information content (AvgIpc) is 2.73. The van der Waals surface area contributed by atoms with E-state index in [4.69, 9.17) is 26.8 Å². The second-order valence-electron chi connectivity index (χ2n) is 4.78. The van der Waals surface area contributed by atoms with Crippen molar-refractivity contribution in [1.29, 1.82) is 0 Å². The van der Waals surface area contributed by atoms with Crippen LogP contribution in [0.5, 0.6) is 11.5 Å². The zero-order chi connectivity index (χ0) is 14.8. The van der Waals surface area contributed by atoms with Gasteiger partial charge in [-0.25, -0.2) is 0 Å². The first kappa shape index (κ1) is 13.8. The van der Waals surface area contributed by atoms with Crippen LogP contribution in [0.25, 0.3) is 0 Å². The number of hydrogen-bond donors (Lipinski definition) is 1. The van der Waals surface area contributed by atoms with Crippen LogP contribution in [-0.2, 0) is 0 Å². The lowest BCUT2D eigenvalue weighted by Gasteiger charge is -2.10. The van der Waals surface area contributed by atoms with Crippen LogP contribution in [0, 0.1) is 0 Å². The Balaban J connectivity index is 1.98. The molecule has 0 radical (unpaired) electrons. The number of halogens is 1. The minimum absolute atomic E-state index is 0.192. The van der Waals surface area contributed by atoms with Crippen molar-refractivity contribution in [2.24, 2.45) is 0 Å². The van der Waals surface area contributed by atoms with Gasteiger partial charge < -0.3 is 15.2 Å². The highest BCUT2D eigenvalue weighted by Gasteiger charge is 2.17. The minimum Gasteiger partial charge on any atom is -0.490 e. The molecule has 0 spiro atoms. The summed E-state index contributed by atoms with van der Waals surface area (Å²) in [5.41, 5.74) is 7.09. The first-order valence-corrected chi connectivity index (χ1v) is 7.02. The van der Waals surface area contributed by atoms with Crippen LogP contribution in [-0.4, -0.2) is 19.0 Å². The van der Waals surface area contributed by atoms with Crippen molar-refractivity contribution in [3.05, 3.63) is 52.5 Å². The first-order valence-electron chi connectivity index (χ1n) is 6.64. The van der Waals surface area contributed by atoms with E-state index in [2.05, 4.69) is 0 Å². The second kappa shape index (κ2) is 5.66. The highest BCUT2D eigenvalue weighted by atomic mass is 35.5. The van der Waals surface area contributed by atoms with Crippen molar-refractivity contribution in [1.82, 2.24) is 0 Å². The van der Waals surface area contributed by atoms with Crippen LogP contribution < -0.4 is 15.2 Å². The molecule has 0 aliphatic carbocycles. The van der Waals surface area contributed by atoms with Gasteiger partial charge >= 0.3 is 0 Å². The van der Waals surface area contributed by atoms with Gasteiger partial charge in [0, 0.05) is 23.2 Å². The van der Waals surface area contributed by atoms with Crippen LogP contribution >= 0.6 is 11.6 Å². The Labute approximate surface area is 127 Å². The molecular weight excluding hydrogens is 290 g/mol. The second-order valence-corrected chi connectivity index (χ2v) is 5.19. The fraction of sp³-hybridized carbons (Fsp3) is 0.188. The van der Waals surface area contributed by atoms with Gasteiger partial charge in [0.15, 0.2) is 17.3 Å². The number of ether oxygens (including phenoxy) is 2. The Morgan fingerprint density at radius 1 is 1.05 bits per heavy atom. The normalized spacial score (nSPS) is 13.6. The standard InChI is InChI=1S/C16H14ClNO3/c17-13-4-3-11(18)9-12(13)16(19)10-2-5-14-15(8-10)21-7-1-6-20-14/h2-5,8-9H,1,6-7,18H2.